The predicted octanol–water partition coefficient (Wildman–Crippen LogP) is 0.868. The second kappa shape index (κ2) is 7.65. The van der Waals surface area contributed by atoms with Crippen LogP contribution >= 0.6 is 0 Å². The van der Waals surface area contributed by atoms with Crippen LogP contribution in [-0.4, -0.2) is 49.7 Å². The Morgan fingerprint density at radius 3 is 2.47 bits per heavy atom. The number of amides is 1. The second-order valence-corrected chi connectivity index (χ2v) is 4.00. The summed E-state index contributed by atoms with van der Waals surface area (Å²) in [6, 6.07) is 0.253. The van der Waals surface area contributed by atoms with Crippen molar-refractivity contribution in [2.24, 2.45) is 0 Å². The molecular formula is C11H24N2O2. The number of rotatable bonds is 7. The van der Waals surface area contributed by atoms with Gasteiger partial charge in [0, 0.05) is 26.2 Å². The Labute approximate surface area is 93.0 Å². The summed E-state index contributed by atoms with van der Waals surface area (Å²) in [7, 11) is 1.82. The number of likely N-dealkylation sites (N-methyl/N-ethyl adjacent to an activating group) is 1. The Hall–Kier alpha value is -0.610. The van der Waals surface area contributed by atoms with Gasteiger partial charge in [-0.15, -0.1) is 0 Å². The molecule has 1 N–H and O–H groups in total. The lowest BCUT2D eigenvalue weighted by Gasteiger charge is -2.22. The van der Waals surface area contributed by atoms with Gasteiger partial charge in [0.05, 0.1) is 12.6 Å². The molecule has 0 fully saturated rings. The lowest BCUT2D eigenvalue weighted by molar-refractivity contribution is -0.130. The first kappa shape index (κ1) is 14.4. The summed E-state index contributed by atoms with van der Waals surface area (Å²) in [6.07, 6.45) is 0.159. The molecule has 0 saturated heterocycles. The summed E-state index contributed by atoms with van der Waals surface area (Å²) in [5.41, 5.74) is 0. The second-order valence-electron chi connectivity index (χ2n) is 4.00. The molecule has 0 aliphatic heterocycles. The van der Waals surface area contributed by atoms with E-state index < -0.39 is 0 Å². The van der Waals surface area contributed by atoms with Crippen molar-refractivity contribution in [3.05, 3.63) is 0 Å². The summed E-state index contributed by atoms with van der Waals surface area (Å²) in [6.45, 7) is 9.77. The van der Waals surface area contributed by atoms with Crippen LogP contribution in [0.5, 0.6) is 0 Å². The maximum atomic E-state index is 11.5. The van der Waals surface area contributed by atoms with Crippen LogP contribution in [0.4, 0.5) is 0 Å². The topological polar surface area (TPSA) is 41.6 Å². The van der Waals surface area contributed by atoms with Crippen LogP contribution in [0.15, 0.2) is 0 Å². The fraction of sp³-hybridized carbons (Fsp3) is 0.909. The average molecular weight is 216 g/mol. The molecule has 1 atom stereocenters. The standard InChI is InChI=1S/C11H24N2O2/c1-6-15-10(4)7-12-8-11(14)13(5)9(2)3/h9-10,12H,6-8H2,1-5H3. The SMILES string of the molecule is CCOC(C)CNCC(=O)N(C)C(C)C. The van der Waals surface area contributed by atoms with Crippen molar-refractivity contribution in [2.75, 3.05) is 26.7 Å². The van der Waals surface area contributed by atoms with Crippen molar-refractivity contribution in [3.63, 3.8) is 0 Å². The third kappa shape index (κ3) is 6.47. The molecule has 15 heavy (non-hydrogen) atoms. The quantitative estimate of drug-likeness (QED) is 0.686. The molecule has 4 nitrogen and oxygen atoms in total. The third-order valence-corrected chi connectivity index (χ3v) is 2.33. The zero-order valence-corrected chi connectivity index (χ0v) is 10.5. The van der Waals surface area contributed by atoms with Crippen LogP contribution < -0.4 is 5.32 Å². The zero-order chi connectivity index (χ0) is 11.8. The molecule has 0 spiro atoms. The Morgan fingerprint density at radius 1 is 1.40 bits per heavy atom. The lowest BCUT2D eigenvalue weighted by Crippen LogP contribution is -2.41. The molecule has 0 aliphatic carbocycles. The fourth-order valence-corrected chi connectivity index (χ4v) is 1.14. The van der Waals surface area contributed by atoms with E-state index in [-0.39, 0.29) is 18.1 Å². The fourth-order valence-electron chi connectivity index (χ4n) is 1.14. The summed E-state index contributed by atoms with van der Waals surface area (Å²) in [4.78, 5) is 13.3. The Morgan fingerprint density at radius 2 is 2.00 bits per heavy atom. The minimum absolute atomic E-state index is 0.119. The predicted molar refractivity (Wildman–Crippen MR) is 61.9 cm³/mol. The number of carbonyl (C=O) groups excluding carboxylic acids is 1. The monoisotopic (exact) mass is 216 g/mol. The Bertz CT molecular complexity index is 183. The third-order valence-electron chi connectivity index (χ3n) is 2.33. The van der Waals surface area contributed by atoms with Gasteiger partial charge in [-0.2, -0.15) is 0 Å². The summed E-state index contributed by atoms with van der Waals surface area (Å²) < 4.78 is 5.34. The first-order chi connectivity index (χ1) is 6.99. The highest BCUT2D eigenvalue weighted by Crippen LogP contribution is 1.93. The van der Waals surface area contributed by atoms with Gasteiger partial charge in [0.15, 0.2) is 0 Å². The molecule has 0 bridgehead atoms. The van der Waals surface area contributed by atoms with E-state index in [1.165, 1.54) is 0 Å². The van der Waals surface area contributed by atoms with Crippen LogP contribution in [0.3, 0.4) is 0 Å². The number of nitrogens with zero attached hydrogens (tertiary/aromatic N) is 1. The van der Waals surface area contributed by atoms with Crippen LogP contribution in [0, 0.1) is 0 Å². The number of hydrogen-bond acceptors (Lipinski definition) is 3. The van der Waals surface area contributed by atoms with Crippen molar-refractivity contribution in [3.8, 4) is 0 Å². The molecule has 0 saturated carbocycles. The van der Waals surface area contributed by atoms with Gasteiger partial charge in [0.1, 0.15) is 0 Å². The maximum absolute atomic E-state index is 11.5. The number of carbonyl (C=O) groups is 1. The molecule has 0 aromatic carbocycles. The van der Waals surface area contributed by atoms with Gasteiger partial charge in [-0.25, -0.2) is 0 Å². The zero-order valence-electron chi connectivity index (χ0n) is 10.5. The van der Waals surface area contributed by atoms with E-state index in [4.69, 9.17) is 4.74 Å². The molecule has 0 heterocycles. The largest absolute Gasteiger partial charge is 0.377 e. The Kier molecular flexibility index (Phi) is 7.34. The van der Waals surface area contributed by atoms with Crippen molar-refractivity contribution in [1.82, 2.24) is 10.2 Å². The number of nitrogens with one attached hydrogen (secondary N) is 1. The van der Waals surface area contributed by atoms with E-state index >= 15 is 0 Å². The highest BCUT2D eigenvalue weighted by atomic mass is 16.5. The molecule has 90 valence electrons. The average Bonchev–Trinajstić information content (AvgIpc) is 2.16. The Balaban J connectivity index is 3.63. The van der Waals surface area contributed by atoms with E-state index in [9.17, 15) is 4.79 Å². The number of ether oxygens (including phenoxy) is 1. The van der Waals surface area contributed by atoms with Gasteiger partial charge in [-0.1, -0.05) is 0 Å². The van der Waals surface area contributed by atoms with Gasteiger partial charge in [-0.05, 0) is 27.7 Å². The smallest absolute Gasteiger partial charge is 0.236 e. The van der Waals surface area contributed by atoms with Crippen LogP contribution in [0.1, 0.15) is 27.7 Å². The van der Waals surface area contributed by atoms with E-state index in [0.29, 0.717) is 19.7 Å². The molecule has 1 unspecified atom stereocenters. The summed E-state index contributed by atoms with van der Waals surface area (Å²) in [5.74, 6) is 0.119. The van der Waals surface area contributed by atoms with Crippen molar-refractivity contribution >= 4 is 5.91 Å². The lowest BCUT2D eigenvalue weighted by atomic mass is 10.3. The van der Waals surface area contributed by atoms with E-state index in [1.54, 1.807) is 4.90 Å². The van der Waals surface area contributed by atoms with E-state index in [1.807, 2.05) is 34.7 Å². The molecular weight excluding hydrogens is 192 g/mol. The maximum Gasteiger partial charge on any atom is 0.236 e. The van der Waals surface area contributed by atoms with Gasteiger partial charge in [0.25, 0.3) is 0 Å². The van der Waals surface area contributed by atoms with Crippen molar-refractivity contribution < 1.29 is 9.53 Å². The van der Waals surface area contributed by atoms with Crippen LogP contribution in [0.25, 0.3) is 0 Å². The van der Waals surface area contributed by atoms with Gasteiger partial charge in [0.2, 0.25) is 5.91 Å². The van der Waals surface area contributed by atoms with Crippen molar-refractivity contribution in [1.29, 1.82) is 0 Å². The van der Waals surface area contributed by atoms with Gasteiger partial charge >= 0.3 is 0 Å². The molecule has 0 radical (unpaired) electrons. The number of hydrogen-bond donors (Lipinski definition) is 1. The first-order valence-corrected chi connectivity index (χ1v) is 5.57. The normalized spacial score (nSPS) is 12.9. The molecule has 0 aromatic rings. The van der Waals surface area contributed by atoms with Crippen LogP contribution in [0.2, 0.25) is 0 Å². The van der Waals surface area contributed by atoms with Crippen LogP contribution in [-0.2, 0) is 9.53 Å². The minimum Gasteiger partial charge on any atom is -0.377 e. The first-order valence-electron chi connectivity index (χ1n) is 5.57. The summed E-state index contributed by atoms with van der Waals surface area (Å²) in [5, 5.41) is 3.09. The molecule has 4 heteroatoms. The van der Waals surface area contributed by atoms with Gasteiger partial charge in [-0.3, -0.25) is 4.79 Å². The van der Waals surface area contributed by atoms with Gasteiger partial charge < -0.3 is 15.0 Å². The van der Waals surface area contributed by atoms with Crippen molar-refractivity contribution in [2.45, 2.75) is 39.8 Å². The molecule has 0 aromatic heterocycles. The summed E-state index contributed by atoms with van der Waals surface area (Å²) >= 11 is 0. The van der Waals surface area contributed by atoms with E-state index in [2.05, 4.69) is 5.32 Å². The highest BCUT2D eigenvalue weighted by Gasteiger charge is 2.11. The minimum atomic E-state index is 0.119. The molecule has 0 aliphatic rings. The highest BCUT2D eigenvalue weighted by molar-refractivity contribution is 5.78. The molecule has 1 amide bonds. The van der Waals surface area contributed by atoms with E-state index in [0.717, 1.165) is 0 Å². The molecule has 0 rings (SSSR count).